The first-order valence-electron chi connectivity index (χ1n) is 4.48. The van der Waals surface area contributed by atoms with Crippen LogP contribution in [0.1, 0.15) is 0 Å². The van der Waals surface area contributed by atoms with Gasteiger partial charge in [0.2, 0.25) is 0 Å². The number of nitrogens with zero attached hydrogens (tertiary/aromatic N) is 4. The van der Waals surface area contributed by atoms with Crippen LogP contribution in [0.4, 0.5) is 0 Å². The zero-order chi connectivity index (χ0) is 10.6. The molecule has 0 fully saturated rings. The lowest BCUT2D eigenvalue weighted by Gasteiger charge is -2.19. The predicted octanol–water partition coefficient (Wildman–Crippen LogP) is -2.38. The number of aromatic nitrogens is 5. The Morgan fingerprint density at radius 1 is 1.40 bits per heavy atom. The molecule has 15 heavy (non-hydrogen) atoms. The van der Waals surface area contributed by atoms with Crippen LogP contribution in [0.3, 0.4) is 0 Å². The molecule has 78 valence electrons. The minimum atomic E-state index is -0.507. The lowest BCUT2D eigenvalue weighted by molar-refractivity contribution is 0.412. The molecule has 0 radical (unpaired) electrons. The highest BCUT2D eigenvalue weighted by atomic mass is 16.2. The van der Waals surface area contributed by atoms with Crippen molar-refractivity contribution in [3.63, 3.8) is 0 Å². The lowest BCUT2D eigenvalue weighted by Crippen LogP contribution is -2.42. The molecular formula is C7H8N6O2. The molecule has 0 amide bonds. The number of aromatic amines is 1. The highest BCUT2D eigenvalue weighted by Gasteiger charge is 2.22. The summed E-state index contributed by atoms with van der Waals surface area (Å²) in [7, 11) is 0. The molecule has 2 aromatic rings. The summed E-state index contributed by atoms with van der Waals surface area (Å²) in [6.07, 6.45) is 0. The van der Waals surface area contributed by atoms with Gasteiger partial charge < -0.3 is 5.73 Å². The van der Waals surface area contributed by atoms with Crippen LogP contribution >= 0.6 is 0 Å². The summed E-state index contributed by atoms with van der Waals surface area (Å²) in [6.45, 7) is 0.846. The van der Waals surface area contributed by atoms with Gasteiger partial charge in [0.1, 0.15) is 0 Å². The van der Waals surface area contributed by atoms with Crippen molar-refractivity contribution >= 4 is 11.2 Å². The SMILES string of the molecule is NC1Cn2nnc3c(=O)[nH]c(=O)n(c32)C1. The summed E-state index contributed by atoms with van der Waals surface area (Å²) >= 11 is 0. The number of H-pyrrole nitrogens is 1. The van der Waals surface area contributed by atoms with Gasteiger partial charge in [0.15, 0.2) is 11.2 Å². The third-order valence-corrected chi connectivity index (χ3v) is 2.47. The fourth-order valence-electron chi connectivity index (χ4n) is 1.85. The van der Waals surface area contributed by atoms with Gasteiger partial charge in [-0.3, -0.25) is 14.3 Å². The van der Waals surface area contributed by atoms with Gasteiger partial charge in [-0.15, -0.1) is 5.10 Å². The number of hydrogen-bond acceptors (Lipinski definition) is 5. The Morgan fingerprint density at radius 2 is 2.20 bits per heavy atom. The molecule has 0 aromatic carbocycles. The van der Waals surface area contributed by atoms with Crippen LogP contribution in [0, 0.1) is 0 Å². The van der Waals surface area contributed by atoms with E-state index in [0.717, 1.165) is 0 Å². The fraction of sp³-hybridized carbons (Fsp3) is 0.429. The van der Waals surface area contributed by atoms with Gasteiger partial charge in [-0.05, 0) is 0 Å². The molecule has 1 atom stereocenters. The Kier molecular flexibility index (Phi) is 1.41. The van der Waals surface area contributed by atoms with E-state index in [-0.39, 0.29) is 11.6 Å². The summed E-state index contributed by atoms with van der Waals surface area (Å²) in [5, 5.41) is 7.50. The van der Waals surface area contributed by atoms with Crippen LogP contribution in [0.15, 0.2) is 9.59 Å². The largest absolute Gasteiger partial charge is 0.330 e. The minimum absolute atomic E-state index is 0.182. The molecule has 0 bridgehead atoms. The summed E-state index contributed by atoms with van der Waals surface area (Å²) in [4.78, 5) is 25.0. The van der Waals surface area contributed by atoms with Gasteiger partial charge in [0, 0.05) is 12.6 Å². The minimum Gasteiger partial charge on any atom is -0.325 e. The standard InChI is InChI=1S/C7H8N6O2/c8-3-1-12-6-4(5(14)9-7(12)15)10-11-13(6)2-3/h3H,1-2,8H2,(H,9,14,15). The molecule has 0 aliphatic carbocycles. The quantitative estimate of drug-likeness (QED) is 0.502. The molecule has 3 N–H and O–H groups in total. The van der Waals surface area contributed by atoms with E-state index in [0.29, 0.717) is 18.7 Å². The first-order valence-corrected chi connectivity index (χ1v) is 4.48. The molecule has 0 saturated heterocycles. The predicted molar refractivity (Wildman–Crippen MR) is 50.4 cm³/mol. The van der Waals surface area contributed by atoms with Gasteiger partial charge in [0.25, 0.3) is 5.56 Å². The fourth-order valence-corrected chi connectivity index (χ4v) is 1.85. The van der Waals surface area contributed by atoms with Crippen LogP contribution in [0.25, 0.3) is 11.2 Å². The highest BCUT2D eigenvalue weighted by molar-refractivity contribution is 5.68. The molecule has 8 nitrogen and oxygen atoms in total. The van der Waals surface area contributed by atoms with E-state index in [9.17, 15) is 9.59 Å². The maximum atomic E-state index is 11.5. The molecule has 1 unspecified atom stereocenters. The van der Waals surface area contributed by atoms with Crippen LogP contribution in [-0.4, -0.2) is 30.6 Å². The van der Waals surface area contributed by atoms with E-state index < -0.39 is 11.2 Å². The van der Waals surface area contributed by atoms with Crippen molar-refractivity contribution in [3.05, 3.63) is 20.8 Å². The highest BCUT2D eigenvalue weighted by Crippen LogP contribution is 2.09. The molecule has 1 aliphatic rings. The van der Waals surface area contributed by atoms with E-state index in [1.54, 1.807) is 0 Å². The molecule has 2 aromatic heterocycles. The summed E-state index contributed by atoms with van der Waals surface area (Å²) in [6, 6.07) is -0.189. The van der Waals surface area contributed by atoms with E-state index in [2.05, 4.69) is 15.3 Å². The van der Waals surface area contributed by atoms with Crippen molar-refractivity contribution in [3.8, 4) is 0 Å². The molecule has 8 heteroatoms. The van der Waals surface area contributed by atoms with Crippen molar-refractivity contribution in [1.82, 2.24) is 24.5 Å². The Hall–Kier alpha value is -1.96. The van der Waals surface area contributed by atoms with Crippen molar-refractivity contribution < 1.29 is 0 Å². The van der Waals surface area contributed by atoms with Crippen LogP contribution in [-0.2, 0) is 13.1 Å². The number of nitrogens with one attached hydrogen (secondary N) is 1. The topological polar surface area (TPSA) is 112 Å². The third kappa shape index (κ3) is 0.988. The Morgan fingerprint density at radius 3 is 3.00 bits per heavy atom. The molecule has 3 heterocycles. The summed E-state index contributed by atoms with van der Waals surface area (Å²) in [5.74, 6) is 0. The smallest absolute Gasteiger partial charge is 0.325 e. The van der Waals surface area contributed by atoms with Gasteiger partial charge in [-0.2, -0.15) is 0 Å². The second kappa shape index (κ2) is 2.54. The van der Waals surface area contributed by atoms with Gasteiger partial charge in [-0.25, -0.2) is 9.48 Å². The van der Waals surface area contributed by atoms with Crippen molar-refractivity contribution in [2.75, 3.05) is 0 Å². The second-order valence-electron chi connectivity index (χ2n) is 3.57. The van der Waals surface area contributed by atoms with Gasteiger partial charge >= 0.3 is 5.69 Å². The molecule has 1 aliphatic heterocycles. The molecular weight excluding hydrogens is 200 g/mol. The average molecular weight is 208 g/mol. The van der Waals surface area contributed by atoms with Crippen LogP contribution < -0.4 is 17.0 Å². The monoisotopic (exact) mass is 208 g/mol. The average Bonchev–Trinajstić information content (AvgIpc) is 2.58. The normalized spacial score (nSPS) is 19.7. The van der Waals surface area contributed by atoms with E-state index in [1.165, 1.54) is 9.25 Å². The number of hydrogen-bond donors (Lipinski definition) is 2. The first kappa shape index (κ1) is 8.36. The Bertz CT molecular complexity index is 650. The zero-order valence-electron chi connectivity index (χ0n) is 7.67. The number of nitrogens with two attached hydrogens (primary N) is 1. The lowest BCUT2D eigenvalue weighted by atomic mass is 10.2. The van der Waals surface area contributed by atoms with Crippen molar-refractivity contribution in [2.45, 2.75) is 19.1 Å². The van der Waals surface area contributed by atoms with Crippen LogP contribution in [0.5, 0.6) is 0 Å². The van der Waals surface area contributed by atoms with Crippen molar-refractivity contribution in [2.24, 2.45) is 5.73 Å². The van der Waals surface area contributed by atoms with E-state index >= 15 is 0 Å². The maximum absolute atomic E-state index is 11.5. The molecule has 3 rings (SSSR count). The first-order chi connectivity index (χ1) is 7.16. The second-order valence-corrected chi connectivity index (χ2v) is 3.57. The summed E-state index contributed by atoms with van der Waals surface area (Å²) < 4.78 is 2.88. The van der Waals surface area contributed by atoms with Gasteiger partial charge in [0.05, 0.1) is 6.54 Å². The third-order valence-electron chi connectivity index (χ3n) is 2.47. The van der Waals surface area contributed by atoms with Crippen molar-refractivity contribution in [1.29, 1.82) is 0 Å². The molecule has 0 saturated carbocycles. The van der Waals surface area contributed by atoms with Crippen LogP contribution in [0.2, 0.25) is 0 Å². The zero-order valence-corrected chi connectivity index (χ0v) is 7.67. The summed E-state index contributed by atoms with van der Waals surface area (Å²) in [5.41, 5.74) is 5.41. The Labute approximate surface area is 82.3 Å². The Balaban J connectivity index is 2.55. The van der Waals surface area contributed by atoms with E-state index in [4.69, 9.17) is 5.73 Å². The number of rotatable bonds is 0. The van der Waals surface area contributed by atoms with Gasteiger partial charge in [-0.1, -0.05) is 5.21 Å². The van der Waals surface area contributed by atoms with E-state index in [1.807, 2.05) is 0 Å². The maximum Gasteiger partial charge on any atom is 0.330 e. The molecule has 0 spiro atoms.